The van der Waals surface area contributed by atoms with Gasteiger partial charge in [-0.1, -0.05) is 12.1 Å². The van der Waals surface area contributed by atoms with E-state index in [1.807, 2.05) is 30.3 Å². The van der Waals surface area contributed by atoms with Gasteiger partial charge in [0.1, 0.15) is 11.4 Å². The molecule has 5 heteroatoms. The second kappa shape index (κ2) is 6.47. The molecule has 0 radical (unpaired) electrons. The van der Waals surface area contributed by atoms with E-state index in [0.29, 0.717) is 17.1 Å². The van der Waals surface area contributed by atoms with E-state index in [1.54, 1.807) is 19.4 Å². The molecule has 5 nitrogen and oxygen atoms in total. The van der Waals surface area contributed by atoms with Crippen molar-refractivity contribution in [3.8, 4) is 5.75 Å². The fourth-order valence-electron chi connectivity index (χ4n) is 2.65. The fourth-order valence-corrected chi connectivity index (χ4v) is 2.65. The predicted octanol–water partition coefficient (Wildman–Crippen LogP) is 2.94. The summed E-state index contributed by atoms with van der Waals surface area (Å²) in [5.74, 6) is 0.400. The van der Waals surface area contributed by atoms with E-state index in [9.17, 15) is 4.79 Å². The van der Waals surface area contributed by atoms with Gasteiger partial charge in [-0.25, -0.2) is 0 Å². The third-order valence-corrected chi connectivity index (χ3v) is 3.80. The van der Waals surface area contributed by atoms with Gasteiger partial charge in [0.05, 0.1) is 12.8 Å². The highest BCUT2D eigenvalue weighted by Crippen LogP contribution is 2.24. The molecule has 22 heavy (non-hydrogen) atoms. The van der Waals surface area contributed by atoms with Gasteiger partial charge in [-0.2, -0.15) is 0 Å². The third kappa shape index (κ3) is 3.03. The van der Waals surface area contributed by atoms with Gasteiger partial charge in [0.15, 0.2) is 0 Å². The highest BCUT2D eigenvalue weighted by Gasteiger charge is 2.15. The molecule has 2 aromatic rings. The zero-order valence-electron chi connectivity index (χ0n) is 12.6. The first kappa shape index (κ1) is 14.4. The number of amides is 1. The van der Waals surface area contributed by atoms with E-state index in [-0.39, 0.29) is 5.91 Å². The lowest BCUT2D eigenvalue weighted by atomic mass is 10.2. The summed E-state index contributed by atoms with van der Waals surface area (Å²) in [4.78, 5) is 18.9. The second-order valence-corrected chi connectivity index (χ2v) is 5.25. The molecule has 1 aromatic carbocycles. The molecule has 2 heterocycles. The number of ether oxygens (including phenoxy) is 1. The summed E-state index contributed by atoms with van der Waals surface area (Å²) in [5.41, 5.74) is 2.11. The summed E-state index contributed by atoms with van der Waals surface area (Å²) < 4.78 is 5.24. The smallest absolute Gasteiger partial charge is 0.274 e. The first-order chi connectivity index (χ1) is 10.8. The predicted molar refractivity (Wildman–Crippen MR) is 86.6 cm³/mol. The molecule has 1 fully saturated rings. The van der Waals surface area contributed by atoms with Crippen LogP contribution in [0.4, 0.5) is 11.4 Å². The maximum Gasteiger partial charge on any atom is 0.274 e. The summed E-state index contributed by atoms with van der Waals surface area (Å²) in [6.45, 7) is 2.08. The number of rotatable bonds is 4. The van der Waals surface area contributed by atoms with Gasteiger partial charge in [-0.3, -0.25) is 9.78 Å². The van der Waals surface area contributed by atoms with Crippen molar-refractivity contribution < 1.29 is 9.53 Å². The number of methoxy groups -OCH3 is 1. The van der Waals surface area contributed by atoms with Crippen LogP contribution in [0.5, 0.6) is 5.75 Å². The highest BCUT2D eigenvalue weighted by atomic mass is 16.5. The van der Waals surface area contributed by atoms with Gasteiger partial charge >= 0.3 is 0 Å². The van der Waals surface area contributed by atoms with Crippen molar-refractivity contribution in [3.05, 3.63) is 48.3 Å². The lowest BCUT2D eigenvalue weighted by Crippen LogP contribution is -2.19. The molecule has 1 aromatic heterocycles. The molecule has 1 saturated heterocycles. The molecule has 114 valence electrons. The average molecular weight is 297 g/mol. The summed E-state index contributed by atoms with van der Waals surface area (Å²) in [7, 11) is 1.58. The first-order valence-corrected chi connectivity index (χ1v) is 7.43. The van der Waals surface area contributed by atoms with Gasteiger partial charge in [0.2, 0.25) is 0 Å². The summed E-state index contributed by atoms with van der Waals surface area (Å²) in [6, 6.07) is 11.1. The number of anilines is 2. The van der Waals surface area contributed by atoms with Crippen molar-refractivity contribution >= 4 is 17.3 Å². The normalized spacial score (nSPS) is 14.0. The molecule has 0 aliphatic carbocycles. The van der Waals surface area contributed by atoms with Gasteiger partial charge in [-0.05, 0) is 37.1 Å². The highest BCUT2D eigenvalue weighted by molar-refractivity contribution is 6.04. The number of nitrogens with one attached hydrogen (secondary N) is 1. The van der Waals surface area contributed by atoms with Crippen LogP contribution in [0.3, 0.4) is 0 Å². The minimum atomic E-state index is -0.231. The molecular formula is C17H19N3O2. The van der Waals surface area contributed by atoms with Gasteiger partial charge in [0.25, 0.3) is 5.91 Å². The molecular weight excluding hydrogens is 278 g/mol. The molecule has 3 rings (SSSR count). The molecule has 1 aliphatic rings. The Morgan fingerprint density at radius 1 is 1.23 bits per heavy atom. The van der Waals surface area contributed by atoms with Crippen molar-refractivity contribution in [1.29, 1.82) is 0 Å². The Bertz CT molecular complexity index is 666. The monoisotopic (exact) mass is 297 g/mol. The lowest BCUT2D eigenvalue weighted by molar-refractivity contribution is 0.102. The summed E-state index contributed by atoms with van der Waals surface area (Å²) in [6.07, 6.45) is 4.08. The van der Waals surface area contributed by atoms with Crippen LogP contribution in [0.15, 0.2) is 42.6 Å². The van der Waals surface area contributed by atoms with E-state index in [0.717, 1.165) is 18.8 Å². The van der Waals surface area contributed by atoms with Crippen LogP contribution in [-0.2, 0) is 0 Å². The molecule has 1 N–H and O–H groups in total. The standard InChI is InChI=1S/C17H19N3O2/c1-22-16-7-3-2-6-14(16)19-17(21)15-12-13(8-9-18-15)20-10-4-5-11-20/h2-3,6-9,12H,4-5,10-11H2,1H3,(H,19,21). The van der Waals surface area contributed by atoms with Crippen LogP contribution < -0.4 is 15.0 Å². The maximum atomic E-state index is 12.4. The Hall–Kier alpha value is -2.56. The van der Waals surface area contributed by atoms with Crippen LogP contribution in [-0.4, -0.2) is 31.1 Å². The van der Waals surface area contributed by atoms with Crippen molar-refractivity contribution in [1.82, 2.24) is 4.98 Å². The molecule has 0 saturated carbocycles. The summed E-state index contributed by atoms with van der Waals surface area (Å²) in [5, 5.41) is 2.85. The number of aromatic nitrogens is 1. The fraction of sp³-hybridized carbons (Fsp3) is 0.294. The van der Waals surface area contributed by atoms with Crippen molar-refractivity contribution in [3.63, 3.8) is 0 Å². The molecule has 1 amide bonds. The number of pyridine rings is 1. The van der Waals surface area contributed by atoms with Crippen molar-refractivity contribution in [2.45, 2.75) is 12.8 Å². The van der Waals surface area contributed by atoms with E-state index >= 15 is 0 Å². The topological polar surface area (TPSA) is 54.5 Å². The largest absolute Gasteiger partial charge is 0.495 e. The third-order valence-electron chi connectivity index (χ3n) is 3.80. The average Bonchev–Trinajstić information content (AvgIpc) is 3.10. The zero-order chi connectivity index (χ0) is 15.4. The number of hydrogen-bond acceptors (Lipinski definition) is 4. The van der Waals surface area contributed by atoms with E-state index < -0.39 is 0 Å². The zero-order valence-corrected chi connectivity index (χ0v) is 12.6. The van der Waals surface area contributed by atoms with Crippen LogP contribution in [0.25, 0.3) is 0 Å². The number of benzene rings is 1. The van der Waals surface area contributed by atoms with Crippen molar-refractivity contribution in [2.24, 2.45) is 0 Å². The molecule has 1 aliphatic heterocycles. The minimum absolute atomic E-state index is 0.231. The molecule has 0 atom stereocenters. The van der Waals surface area contributed by atoms with Gasteiger partial charge in [-0.15, -0.1) is 0 Å². The number of hydrogen-bond donors (Lipinski definition) is 1. The second-order valence-electron chi connectivity index (χ2n) is 5.25. The van der Waals surface area contributed by atoms with E-state index in [4.69, 9.17) is 4.74 Å². The van der Waals surface area contributed by atoms with Crippen LogP contribution in [0.1, 0.15) is 23.3 Å². The maximum absolute atomic E-state index is 12.4. The Labute approximate surface area is 129 Å². The Morgan fingerprint density at radius 3 is 2.77 bits per heavy atom. The molecule has 0 unspecified atom stereocenters. The number of carbonyl (C=O) groups is 1. The van der Waals surface area contributed by atoms with E-state index in [1.165, 1.54) is 12.8 Å². The van der Waals surface area contributed by atoms with Crippen molar-refractivity contribution in [2.75, 3.05) is 30.4 Å². The van der Waals surface area contributed by atoms with Crippen LogP contribution in [0.2, 0.25) is 0 Å². The number of para-hydroxylation sites is 2. The Kier molecular flexibility index (Phi) is 4.23. The minimum Gasteiger partial charge on any atom is -0.495 e. The lowest BCUT2D eigenvalue weighted by Gasteiger charge is -2.17. The van der Waals surface area contributed by atoms with Gasteiger partial charge < -0.3 is 15.0 Å². The SMILES string of the molecule is COc1ccccc1NC(=O)c1cc(N2CCCC2)ccn1. The quantitative estimate of drug-likeness (QED) is 0.942. The van der Waals surface area contributed by atoms with E-state index in [2.05, 4.69) is 15.2 Å². The Morgan fingerprint density at radius 2 is 2.00 bits per heavy atom. The number of nitrogens with zero attached hydrogens (tertiary/aromatic N) is 2. The first-order valence-electron chi connectivity index (χ1n) is 7.43. The molecule has 0 spiro atoms. The van der Waals surface area contributed by atoms with Gasteiger partial charge in [0, 0.05) is 25.0 Å². The van der Waals surface area contributed by atoms with Crippen LogP contribution >= 0.6 is 0 Å². The Balaban J connectivity index is 1.78. The summed E-state index contributed by atoms with van der Waals surface area (Å²) >= 11 is 0. The van der Waals surface area contributed by atoms with Crippen LogP contribution in [0, 0.1) is 0 Å². The number of carbonyl (C=O) groups excluding carboxylic acids is 1. The molecule has 0 bridgehead atoms.